The summed E-state index contributed by atoms with van der Waals surface area (Å²) < 4.78 is 16.4. The fourth-order valence-corrected chi connectivity index (χ4v) is 3.05. The molecule has 0 spiro atoms. The Morgan fingerprint density at radius 1 is 1.03 bits per heavy atom. The molecular formula is C26H27N3O5. The number of benzene rings is 3. The van der Waals surface area contributed by atoms with E-state index >= 15 is 0 Å². The number of fused-ring (bicyclic) bond motifs is 1. The summed E-state index contributed by atoms with van der Waals surface area (Å²) >= 11 is 0. The average Bonchev–Trinajstić information content (AvgIpc) is 2.86. The van der Waals surface area contributed by atoms with Gasteiger partial charge in [-0.2, -0.15) is 5.10 Å². The summed E-state index contributed by atoms with van der Waals surface area (Å²) in [6.07, 6.45) is 3.11. The Kier molecular flexibility index (Phi) is 8.62. The molecule has 8 nitrogen and oxygen atoms in total. The number of ether oxygens (including phenoxy) is 3. The zero-order valence-electron chi connectivity index (χ0n) is 19.1. The standard InChI is InChI=1S/C26H27N3O5/c1-4-13-33-23-12-9-19(14-24(23)32-3)16-27-29-26(31)18(2)28-25(30)17-34-22-11-10-20-7-5-6-8-21(20)15-22/h4-12,14-16,18H,1,13,17H2,2-3H3,(H,28,30)(H,29,31). The number of hydrogen-bond acceptors (Lipinski definition) is 6. The van der Waals surface area contributed by atoms with Crippen LogP contribution in [0.3, 0.4) is 0 Å². The quantitative estimate of drug-likeness (QED) is 0.259. The third-order valence-electron chi connectivity index (χ3n) is 4.79. The van der Waals surface area contributed by atoms with Gasteiger partial charge in [-0.1, -0.05) is 43.0 Å². The highest BCUT2D eigenvalue weighted by atomic mass is 16.5. The molecule has 8 heteroatoms. The van der Waals surface area contributed by atoms with Gasteiger partial charge in [0.2, 0.25) is 0 Å². The van der Waals surface area contributed by atoms with Gasteiger partial charge in [0.1, 0.15) is 18.4 Å². The fraction of sp³-hybridized carbons (Fsp3) is 0.192. The maximum atomic E-state index is 12.3. The molecule has 0 aromatic heterocycles. The molecule has 3 rings (SSSR count). The second-order valence-corrected chi connectivity index (χ2v) is 7.33. The molecule has 1 unspecified atom stereocenters. The number of methoxy groups -OCH3 is 1. The summed E-state index contributed by atoms with van der Waals surface area (Å²) in [6, 6.07) is 17.9. The number of carbonyl (C=O) groups is 2. The van der Waals surface area contributed by atoms with Crippen molar-refractivity contribution in [1.82, 2.24) is 10.7 Å². The Hall–Kier alpha value is -4.33. The van der Waals surface area contributed by atoms with E-state index in [0.29, 0.717) is 29.4 Å². The van der Waals surface area contributed by atoms with Crippen molar-refractivity contribution in [3.63, 3.8) is 0 Å². The molecule has 0 saturated heterocycles. The van der Waals surface area contributed by atoms with E-state index < -0.39 is 17.9 Å². The van der Waals surface area contributed by atoms with Crippen molar-refractivity contribution in [2.45, 2.75) is 13.0 Å². The Morgan fingerprint density at radius 2 is 1.82 bits per heavy atom. The van der Waals surface area contributed by atoms with Gasteiger partial charge >= 0.3 is 0 Å². The van der Waals surface area contributed by atoms with E-state index in [-0.39, 0.29) is 6.61 Å². The van der Waals surface area contributed by atoms with Gasteiger partial charge in [-0.05, 0) is 53.6 Å². The van der Waals surface area contributed by atoms with Gasteiger partial charge in [0.15, 0.2) is 18.1 Å². The van der Waals surface area contributed by atoms with Crippen molar-refractivity contribution >= 4 is 28.8 Å². The van der Waals surface area contributed by atoms with Crippen LogP contribution >= 0.6 is 0 Å². The molecule has 3 aromatic rings. The number of nitrogens with zero attached hydrogens (tertiary/aromatic N) is 1. The molecule has 2 N–H and O–H groups in total. The van der Waals surface area contributed by atoms with E-state index in [2.05, 4.69) is 22.4 Å². The molecule has 0 aliphatic heterocycles. The molecule has 0 saturated carbocycles. The van der Waals surface area contributed by atoms with E-state index in [9.17, 15) is 9.59 Å². The van der Waals surface area contributed by atoms with Crippen LogP contribution in [0.25, 0.3) is 10.8 Å². The molecule has 0 aliphatic carbocycles. The number of hydrogen-bond donors (Lipinski definition) is 2. The van der Waals surface area contributed by atoms with Gasteiger partial charge in [-0.3, -0.25) is 9.59 Å². The Bertz CT molecular complexity index is 1190. The highest BCUT2D eigenvalue weighted by molar-refractivity contribution is 5.89. The van der Waals surface area contributed by atoms with Crippen molar-refractivity contribution in [2.24, 2.45) is 5.10 Å². The Morgan fingerprint density at radius 3 is 2.59 bits per heavy atom. The fourth-order valence-electron chi connectivity index (χ4n) is 3.05. The van der Waals surface area contributed by atoms with Crippen molar-refractivity contribution in [3.05, 3.63) is 78.9 Å². The lowest BCUT2D eigenvalue weighted by molar-refractivity contribution is -0.129. The number of carbonyl (C=O) groups excluding carboxylic acids is 2. The van der Waals surface area contributed by atoms with Crippen LogP contribution in [-0.4, -0.2) is 44.4 Å². The minimum Gasteiger partial charge on any atom is -0.493 e. The van der Waals surface area contributed by atoms with E-state index in [1.807, 2.05) is 36.4 Å². The topological polar surface area (TPSA) is 98.2 Å². The van der Waals surface area contributed by atoms with E-state index in [0.717, 1.165) is 10.8 Å². The summed E-state index contributed by atoms with van der Waals surface area (Å²) in [5.41, 5.74) is 3.10. The molecule has 34 heavy (non-hydrogen) atoms. The van der Waals surface area contributed by atoms with Crippen LogP contribution in [0, 0.1) is 0 Å². The molecule has 3 aromatic carbocycles. The zero-order chi connectivity index (χ0) is 24.3. The van der Waals surface area contributed by atoms with Gasteiger partial charge in [0.05, 0.1) is 13.3 Å². The third kappa shape index (κ3) is 6.83. The Balaban J connectivity index is 1.46. The molecule has 0 aliphatic rings. The first-order chi connectivity index (χ1) is 16.5. The highest BCUT2D eigenvalue weighted by Gasteiger charge is 2.15. The second-order valence-electron chi connectivity index (χ2n) is 7.33. The van der Waals surface area contributed by atoms with Gasteiger partial charge < -0.3 is 19.5 Å². The van der Waals surface area contributed by atoms with Gasteiger partial charge in [0.25, 0.3) is 11.8 Å². The number of nitrogens with one attached hydrogen (secondary N) is 2. The minimum atomic E-state index is -0.797. The van der Waals surface area contributed by atoms with Crippen LogP contribution in [0.4, 0.5) is 0 Å². The first-order valence-corrected chi connectivity index (χ1v) is 10.7. The van der Waals surface area contributed by atoms with Crippen LogP contribution in [0.15, 0.2) is 78.4 Å². The maximum Gasteiger partial charge on any atom is 0.262 e. The maximum absolute atomic E-state index is 12.3. The van der Waals surface area contributed by atoms with Crippen molar-refractivity contribution in [1.29, 1.82) is 0 Å². The first kappa shape index (κ1) is 24.3. The normalized spacial score (nSPS) is 11.6. The molecule has 0 fully saturated rings. The molecule has 176 valence electrons. The predicted octanol–water partition coefficient (Wildman–Crippen LogP) is 3.45. The van der Waals surface area contributed by atoms with E-state index in [1.165, 1.54) is 13.3 Å². The van der Waals surface area contributed by atoms with Crippen molar-refractivity contribution in [2.75, 3.05) is 20.3 Å². The van der Waals surface area contributed by atoms with Crippen molar-refractivity contribution in [3.8, 4) is 17.2 Å². The molecule has 0 radical (unpaired) electrons. The van der Waals surface area contributed by atoms with Gasteiger partial charge in [-0.25, -0.2) is 5.43 Å². The minimum absolute atomic E-state index is 0.209. The molecule has 1 atom stereocenters. The lowest BCUT2D eigenvalue weighted by atomic mass is 10.1. The average molecular weight is 462 g/mol. The highest BCUT2D eigenvalue weighted by Crippen LogP contribution is 2.27. The summed E-state index contributed by atoms with van der Waals surface area (Å²) in [7, 11) is 1.53. The van der Waals surface area contributed by atoms with E-state index in [4.69, 9.17) is 14.2 Å². The molecular weight excluding hydrogens is 434 g/mol. The van der Waals surface area contributed by atoms with Gasteiger partial charge in [-0.15, -0.1) is 0 Å². The predicted molar refractivity (Wildman–Crippen MR) is 131 cm³/mol. The number of rotatable bonds is 11. The van der Waals surface area contributed by atoms with Crippen LogP contribution in [0.2, 0.25) is 0 Å². The third-order valence-corrected chi connectivity index (χ3v) is 4.79. The Labute approximate surface area is 198 Å². The van der Waals surface area contributed by atoms with Crippen molar-refractivity contribution < 1.29 is 23.8 Å². The lowest BCUT2D eigenvalue weighted by Crippen LogP contribution is -2.45. The number of hydrazone groups is 1. The smallest absolute Gasteiger partial charge is 0.262 e. The summed E-state index contributed by atoms with van der Waals surface area (Å²) in [6.45, 7) is 5.32. The molecule has 2 amide bonds. The SMILES string of the molecule is C=CCOc1ccc(C=NNC(=O)C(C)NC(=O)COc2ccc3ccccc3c2)cc1OC. The summed E-state index contributed by atoms with van der Waals surface area (Å²) in [5.74, 6) is 0.801. The first-order valence-electron chi connectivity index (χ1n) is 10.7. The molecule has 0 bridgehead atoms. The van der Waals surface area contributed by atoms with Crippen LogP contribution < -0.4 is 25.0 Å². The van der Waals surface area contributed by atoms with Crippen LogP contribution in [-0.2, 0) is 9.59 Å². The number of amides is 2. The molecule has 0 heterocycles. The second kappa shape index (κ2) is 12.1. The van der Waals surface area contributed by atoms with E-state index in [1.54, 1.807) is 37.3 Å². The van der Waals surface area contributed by atoms with Crippen LogP contribution in [0.5, 0.6) is 17.2 Å². The van der Waals surface area contributed by atoms with Gasteiger partial charge in [0, 0.05) is 0 Å². The lowest BCUT2D eigenvalue weighted by Gasteiger charge is -2.13. The van der Waals surface area contributed by atoms with Crippen LogP contribution in [0.1, 0.15) is 12.5 Å². The monoisotopic (exact) mass is 461 g/mol. The largest absolute Gasteiger partial charge is 0.493 e. The summed E-state index contributed by atoms with van der Waals surface area (Å²) in [4.78, 5) is 24.4. The summed E-state index contributed by atoms with van der Waals surface area (Å²) in [5, 5.41) is 8.63. The zero-order valence-corrected chi connectivity index (χ0v) is 19.1.